The van der Waals surface area contributed by atoms with E-state index in [1.807, 2.05) is 6.92 Å². The molecule has 1 atom stereocenters. The first-order valence-corrected chi connectivity index (χ1v) is 4.61. The maximum atomic E-state index is 10.9. The van der Waals surface area contributed by atoms with Gasteiger partial charge in [-0.3, -0.25) is 0 Å². The molecule has 0 spiro atoms. The van der Waals surface area contributed by atoms with E-state index >= 15 is 0 Å². The number of rotatable bonds is 7. The van der Waals surface area contributed by atoms with Crippen LogP contribution in [-0.4, -0.2) is 35.0 Å². The smallest absolute Gasteiger partial charge is 0.335 e. The Morgan fingerprint density at radius 2 is 2.08 bits per heavy atom. The molecule has 0 aromatic heterocycles. The Morgan fingerprint density at radius 3 is 2.38 bits per heavy atom. The van der Waals surface area contributed by atoms with Gasteiger partial charge >= 0.3 is 5.97 Å². The number of aliphatic hydroxyl groups is 1. The zero-order chi connectivity index (χ0) is 10.3. The van der Waals surface area contributed by atoms with E-state index in [0.717, 1.165) is 6.42 Å². The molecule has 0 heterocycles. The van der Waals surface area contributed by atoms with E-state index < -0.39 is 11.6 Å². The molecule has 0 amide bonds. The summed E-state index contributed by atoms with van der Waals surface area (Å²) in [5.41, 5.74) is -1.10. The molecule has 0 saturated carbocycles. The van der Waals surface area contributed by atoms with E-state index in [4.69, 9.17) is 14.9 Å². The van der Waals surface area contributed by atoms with Crippen molar-refractivity contribution in [2.75, 3.05) is 13.2 Å². The van der Waals surface area contributed by atoms with Crippen molar-refractivity contribution in [2.24, 2.45) is 0 Å². The monoisotopic (exact) mass is 190 g/mol. The SMILES string of the molecule is CCCC(CC)(OCCO)C(=O)O. The Kier molecular flexibility index (Phi) is 5.66. The van der Waals surface area contributed by atoms with Crippen molar-refractivity contribution in [2.45, 2.75) is 38.7 Å². The highest BCUT2D eigenvalue weighted by Gasteiger charge is 2.36. The number of hydrogen-bond acceptors (Lipinski definition) is 3. The Morgan fingerprint density at radius 1 is 1.46 bits per heavy atom. The molecule has 0 bridgehead atoms. The fourth-order valence-corrected chi connectivity index (χ4v) is 1.32. The standard InChI is InChI=1S/C9H18O4/c1-3-5-9(4-2,8(11)12)13-7-6-10/h10H,3-7H2,1-2H3,(H,11,12). The van der Waals surface area contributed by atoms with E-state index in [2.05, 4.69) is 0 Å². The Balaban J connectivity index is 4.35. The summed E-state index contributed by atoms with van der Waals surface area (Å²) in [7, 11) is 0. The molecule has 0 aromatic rings. The highest BCUT2D eigenvalue weighted by molar-refractivity contribution is 5.77. The lowest BCUT2D eigenvalue weighted by molar-refractivity contribution is -0.169. The number of carboxylic acids is 1. The van der Waals surface area contributed by atoms with E-state index in [-0.39, 0.29) is 13.2 Å². The van der Waals surface area contributed by atoms with Crippen LogP contribution in [0.4, 0.5) is 0 Å². The molecule has 0 saturated heterocycles. The molecule has 78 valence electrons. The second-order valence-corrected chi connectivity index (χ2v) is 2.98. The van der Waals surface area contributed by atoms with Gasteiger partial charge < -0.3 is 14.9 Å². The fourth-order valence-electron chi connectivity index (χ4n) is 1.32. The summed E-state index contributed by atoms with van der Waals surface area (Å²) in [6.45, 7) is 3.63. The average Bonchev–Trinajstić information content (AvgIpc) is 2.12. The summed E-state index contributed by atoms with van der Waals surface area (Å²) >= 11 is 0. The molecule has 0 aliphatic carbocycles. The lowest BCUT2D eigenvalue weighted by atomic mass is 9.95. The largest absolute Gasteiger partial charge is 0.479 e. The zero-order valence-electron chi connectivity index (χ0n) is 8.25. The van der Waals surface area contributed by atoms with E-state index in [9.17, 15) is 4.79 Å². The molecule has 0 fully saturated rings. The van der Waals surface area contributed by atoms with E-state index in [1.165, 1.54) is 0 Å². The van der Waals surface area contributed by atoms with Crippen molar-refractivity contribution in [1.82, 2.24) is 0 Å². The third-order valence-electron chi connectivity index (χ3n) is 2.08. The molecule has 0 rings (SSSR count). The fraction of sp³-hybridized carbons (Fsp3) is 0.889. The van der Waals surface area contributed by atoms with Crippen LogP contribution in [0.5, 0.6) is 0 Å². The van der Waals surface area contributed by atoms with Gasteiger partial charge in [-0.25, -0.2) is 4.79 Å². The van der Waals surface area contributed by atoms with Crippen molar-refractivity contribution in [1.29, 1.82) is 0 Å². The molecular weight excluding hydrogens is 172 g/mol. The highest BCUT2D eigenvalue weighted by Crippen LogP contribution is 2.22. The van der Waals surface area contributed by atoms with Gasteiger partial charge in [-0.05, 0) is 12.8 Å². The normalized spacial score (nSPS) is 15.3. The summed E-state index contributed by atoms with van der Waals surface area (Å²) in [6, 6.07) is 0. The second kappa shape index (κ2) is 5.94. The van der Waals surface area contributed by atoms with Crippen LogP contribution in [0, 0.1) is 0 Å². The van der Waals surface area contributed by atoms with Crippen molar-refractivity contribution >= 4 is 5.97 Å². The van der Waals surface area contributed by atoms with Gasteiger partial charge in [-0.2, -0.15) is 0 Å². The van der Waals surface area contributed by atoms with Crippen LogP contribution in [0.2, 0.25) is 0 Å². The summed E-state index contributed by atoms with van der Waals surface area (Å²) < 4.78 is 5.18. The van der Waals surface area contributed by atoms with Crippen LogP contribution in [0.1, 0.15) is 33.1 Å². The molecule has 1 unspecified atom stereocenters. The number of hydrogen-bond donors (Lipinski definition) is 2. The van der Waals surface area contributed by atoms with Gasteiger partial charge in [0.05, 0.1) is 13.2 Å². The molecule has 13 heavy (non-hydrogen) atoms. The van der Waals surface area contributed by atoms with Gasteiger partial charge in [0.2, 0.25) is 0 Å². The maximum absolute atomic E-state index is 10.9. The summed E-state index contributed by atoms with van der Waals surface area (Å²) in [5, 5.41) is 17.5. The van der Waals surface area contributed by atoms with Gasteiger partial charge in [-0.1, -0.05) is 20.3 Å². The zero-order valence-corrected chi connectivity index (χ0v) is 8.25. The first-order valence-electron chi connectivity index (χ1n) is 4.61. The predicted octanol–water partition coefficient (Wildman–Crippen LogP) is 1.03. The average molecular weight is 190 g/mol. The third kappa shape index (κ3) is 3.32. The number of carboxylic acid groups (broad SMARTS) is 1. The van der Waals surface area contributed by atoms with Gasteiger partial charge in [0.25, 0.3) is 0 Å². The summed E-state index contributed by atoms with van der Waals surface area (Å²) in [5.74, 6) is -0.940. The number of ether oxygens (including phenoxy) is 1. The van der Waals surface area contributed by atoms with Crippen LogP contribution < -0.4 is 0 Å². The van der Waals surface area contributed by atoms with Crippen LogP contribution in [0.15, 0.2) is 0 Å². The molecule has 0 aromatic carbocycles. The van der Waals surface area contributed by atoms with Crippen molar-refractivity contribution in [3.63, 3.8) is 0 Å². The van der Waals surface area contributed by atoms with Crippen LogP contribution in [-0.2, 0) is 9.53 Å². The van der Waals surface area contributed by atoms with Crippen LogP contribution in [0.25, 0.3) is 0 Å². The van der Waals surface area contributed by atoms with Gasteiger partial charge in [0.15, 0.2) is 5.60 Å². The molecule has 0 aliphatic heterocycles. The third-order valence-corrected chi connectivity index (χ3v) is 2.08. The van der Waals surface area contributed by atoms with Crippen LogP contribution in [0.3, 0.4) is 0 Å². The number of aliphatic carboxylic acids is 1. The molecule has 2 N–H and O–H groups in total. The Labute approximate surface area is 78.5 Å². The summed E-state index contributed by atoms with van der Waals surface area (Å²) in [4.78, 5) is 10.9. The number of aliphatic hydroxyl groups excluding tert-OH is 1. The van der Waals surface area contributed by atoms with Crippen molar-refractivity contribution < 1.29 is 19.7 Å². The predicted molar refractivity (Wildman–Crippen MR) is 48.6 cm³/mol. The summed E-state index contributed by atoms with van der Waals surface area (Å²) in [6.07, 6.45) is 1.67. The molecule has 4 nitrogen and oxygen atoms in total. The molecule has 0 radical (unpaired) electrons. The minimum absolute atomic E-state index is 0.0835. The highest BCUT2D eigenvalue weighted by atomic mass is 16.5. The molecule has 4 heteroatoms. The first-order chi connectivity index (χ1) is 6.13. The second-order valence-electron chi connectivity index (χ2n) is 2.98. The van der Waals surface area contributed by atoms with Gasteiger partial charge in [0.1, 0.15) is 0 Å². The lowest BCUT2D eigenvalue weighted by Crippen LogP contribution is -2.41. The van der Waals surface area contributed by atoms with E-state index in [0.29, 0.717) is 12.8 Å². The maximum Gasteiger partial charge on any atom is 0.335 e. The Bertz CT molecular complexity index is 158. The van der Waals surface area contributed by atoms with Crippen molar-refractivity contribution in [3.05, 3.63) is 0 Å². The Hall–Kier alpha value is -0.610. The van der Waals surface area contributed by atoms with Gasteiger partial charge in [0, 0.05) is 0 Å². The van der Waals surface area contributed by atoms with Crippen LogP contribution >= 0.6 is 0 Å². The molecular formula is C9H18O4. The number of carbonyl (C=O) groups is 1. The van der Waals surface area contributed by atoms with Crippen molar-refractivity contribution in [3.8, 4) is 0 Å². The van der Waals surface area contributed by atoms with Gasteiger partial charge in [-0.15, -0.1) is 0 Å². The minimum Gasteiger partial charge on any atom is -0.479 e. The first kappa shape index (κ1) is 12.4. The topological polar surface area (TPSA) is 66.8 Å². The quantitative estimate of drug-likeness (QED) is 0.629. The lowest BCUT2D eigenvalue weighted by Gasteiger charge is -2.27. The minimum atomic E-state index is -1.10. The van der Waals surface area contributed by atoms with E-state index in [1.54, 1.807) is 6.92 Å². The molecule has 0 aliphatic rings.